The molecule has 0 unspecified atom stereocenters. The Labute approximate surface area is 154 Å². The average molecular weight is 339 g/mol. The fourth-order valence-electron chi connectivity index (χ4n) is 3.50. The van der Waals surface area contributed by atoms with Crippen molar-refractivity contribution in [1.82, 2.24) is 4.98 Å². The first-order valence-electron chi connectivity index (χ1n) is 9.74. The molecule has 2 heterocycles. The van der Waals surface area contributed by atoms with E-state index in [0.717, 1.165) is 38.5 Å². The summed E-state index contributed by atoms with van der Waals surface area (Å²) in [5.41, 5.74) is 3.87. The van der Waals surface area contributed by atoms with Gasteiger partial charge in [0.1, 0.15) is 11.2 Å². The highest BCUT2D eigenvalue weighted by atomic mass is 16.3. The standard InChI is InChI=1S/C24H19NO/c1-15(2)16-10-11-25-22(13-16)20-9-5-8-19-21-12-17-6-3-4-7-18(17)14-23(21)26-24(19)20/h3-15H,1-2H3/i11D,15D. The summed E-state index contributed by atoms with van der Waals surface area (Å²) in [6.45, 7) is 3.64. The minimum atomic E-state index is -0.799. The van der Waals surface area contributed by atoms with Crippen LogP contribution in [0.2, 0.25) is 0 Å². The lowest BCUT2D eigenvalue weighted by Gasteiger charge is -2.07. The van der Waals surface area contributed by atoms with Gasteiger partial charge in [-0.15, -0.1) is 0 Å². The second-order valence-corrected chi connectivity index (χ2v) is 6.85. The Hall–Kier alpha value is -3.13. The Morgan fingerprint density at radius 2 is 1.73 bits per heavy atom. The molecule has 5 aromatic rings. The zero-order valence-electron chi connectivity index (χ0n) is 16.7. The van der Waals surface area contributed by atoms with Gasteiger partial charge < -0.3 is 4.42 Å². The van der Waals surface area contributed by atoms with Gasteiger partial charge >= 0.3 is 0 Å². The molecule has 0 bridgehead atoms. The van der Waals surface area contributed by atoms with Crippen molar-refractivity contribution in [3.63, 3.8) is 0 Å². The fourth-order valence-corrected chi connectivity index (χ4v) is 3.50. The SMILES string of the molecule is [2H]c1cc(C([2H])(C)C)cc(-c2cccc3c2oc2cc4ccccc4cc23)n1. The first kappa shape index (κ1) is 13.1. The molecule has 0 saturated carbocycles. The van der Waals surface area contributed by atoms with E-state index in [0.29, 0.717) is 5.69 Å². The first-order valence-corrected chi connectivity index (χ1v) is 8.74. The Morgan fingerprint density at radius 1 is 0.923 bits per heavy atom. The zero-order chi connectivity index (χ0) is 19.5. The molecule has 0 atom stereocenters. The maximum atomic E-state index is 8.33. The van der Waals surface area contributed by atoms with Crippen LogP contribution in [-0.2, 0) is 0 Å². The van der Waals surface area contributed by atoms with E-state index in [-0.39, 0.29) is 6.17 Å². The van der Waals surface area contributed by atoms with E-state index in [1.165, 1.54) is 5.39 Å². The average Bonchev–Trinajstić information content (AvgIpc) is 3.02. The van der Waals surface area contributed by atoms with E-state index >= 15 is 0 Å². The van der Waals surface area contributed by atoms with Crippen molar-refractivity contribution >= 4 is 32.7 Å². The highest BCUT2D eigenvalue weighted by Crippen LogP contribution is 2.37. The molecule has 0 spiro atoms. The second kappa shape index (κ2) is 5.70. The molecule has 0 amide bonds. The van der Waals surface area contributed by atoms with Crippen LogP contribution < -0.4 is 0 Å². The van der Waals surface area contributed by atoms with E-state index in [2.05, 4.69) is 35.3 Å². The van der Waals surface area contributed by atoms with Crippen LogP contribution in [0.1, 0.15) is 28.0 Å². The van der Waals surface area contributed by atoms with Crippen LogP contribution in [0.4, 0.5) is 0 Å². The lowest BCUT2D eigenvalue weighted by Crippen LogP contribution is -1.90. The highest BCUT2D eigenvalue weighted by Gasteiger charge is 2.14. The number of rotatable bonds is 2. The number of benzene rings is 3. The fraction of sp³-hybridized carbons (Fsp3) is 0.125. The predicted molar refractivity (Wildman–Crippen MR) is 109 cm³/mol. The highest BCUT2D eigenvalue weighted by molar-refractivity contribution is 6.13. The van der Waals surface area contributed by atoms with Gasteiger partial charge in [0.15, 0.2) is 0 Å². The molecule has 26 heavy (non-hydrogen) atoms. The Kier molecular flexibility index (Phi) is 2.88. The van der Waals surface area contributed by atoms with Gasteiger partial charge in [0, 0.05) is 23.9 Å². The van der Waals surface area contributed by atoms with Crippen molar-refractivity contribution in [2.45, 2.75) is 19.7 Å². The first-order chi connectivity index (χ1) is 13.4. The third-order valence-corrected chi connectivity index (χ3v) is 4.92. The van der Waals surface area contributed by atoms with Crippen LogP contribution in [0.25, 0.3) is 44.0 Å². The molecule has 2 aromatic heterocycles. The van der Waals surface area contributed by atoms with Crippen LogP contribution in [-0.4, -0.2) is 4.98 Å². The molecule has 0 N–H and O–H groups in total. The van der Waals surface area contributed by atoms with Gasteiger partial charge in [0.05, 0.1) is 7.06 Å². The van der Waals surface area contributed by atoms with Crippen LogP contribution in [0.3, 0.4) is 0 Å². The summed E-state index contributed by atoms with van der Waals surface area (Å²) in [5, 5.41) is 4.41. The Balaban J connectivity index is 1.81. The molecule has 2 nitrogen and oxygen atoms in total. The van der Waals surface area contributed by atoms with Crippen molar-refractivity contribution in [1.29, 1.82) is 0 Å². The maximum absolute atomic E-state index is 8.33. The van der Waals surface area contributed by atoms with Gasteiger partial charge in [-0.2, -0.15) is 0 Å². The zero-order valence-corrected chi connectivity index (χ0v) is 14.7. The molecule has 0 saturated heterocycles. The number of aromatic nitrogens is 1. The summed E-state index contributed by atoms with van der Waals surface area (Å²) in [6, 6.07) is 22.0. The molecule has 0 aliphatic rings. The molecular weight excluding hydrogens is 318 g/mol. The summed E-state index contributed by atoms with van der Waals surface area (Å²) in [5.74, 6) is -0.799. The maximum Gasteiger partial charge on any atom is 0.144 e. The van der Waals surface area contributed by atoms with Crippen molar-refractivity contribution < 1.29 is 7.16 Å². The van der Waals surface area contributed by atoms with Gasteiger partial charge in [0.25, 0.3) is 0 Å². The van der Waals surface area contributed by atoms with Crippen molar-refractivity contribution in [2.75, 3.05) is 0 Å². The number of pyridine rings is 1. The number of hydrogen-bond acceptors (Lipinski definition) is 2. The van der Waals surface area contributed by atoms with Gasteiger partial charge in [-0.25, -0.2) is 0 Å². The van der Waals surface area contributed by atoms with Crippen LogP contribution in [0.15, 0.2) is 77.3 Å². The summed E-state index contributed by atoms with van der Waals surface area (Å²) in [4.78, 5) is 4.42. The van der Waals surface area contributed by atoms with Crippen LogP contribution in [0, 0.1) is 0 Å². The number of nitrogens with zero attached hydrogens (tertiary/aromatic N) is 1. The van der Waals surface area contributed by atoms with Crippen molar-refractivity contribution in [3.8, 4) is 11.3 Å². The largest absolute Gasteiger partial charge is 0.455 e. The molecule has 126 valence electrons. The number of furan rings is 1. The minimum Gasteiger partial charge on any atom is -0.455 e. The third kappa shape index (κ3) is 2.30. The lowest BCUT2D eigenvalue weighted by atomic mass is 10.00. The van der Waals surface area contributed by atoms with Crippen LogP contribution >= 0.6 is 0 Å². The molecule has 2 heteroatoms. The van der Waals surface area contributed by atoms with E-state index in [9.17, 15) is 0 Å². The van der Waals surface area contributed by atoms with Gasteiger partial charge in [0.2, 0.25) is 0 Å². The molecule has 5 rings (SSSR count). The summed E-state index contributed by atoms with van der Waals surface area (Å²) < 4.78 is 22.7. The molecule has 0 aliphatic carbocycles. The smallest absolute Gasteiger partial charge is 0.144 e. The Morgan fingerprint density at radius 3 is 2.54 bits per heavy atom. The number of fused-ring (bicyclic) bond motifs is 4. The molecule has 0 fully saturated rings. The predicted octanol–water partition coefficient (Wildman–Crippen LogP) is 6.92. The monoisotopic (exact) mass is 339 g/mol. The van der Waals surface area contributed by atoms with E-state index in [4.69, 9.17) is 7.16 Å². The number of para-hydroxylation sites is 1. The van der Waals surface area contributed by atoms with Gasteiger partial charge in [-0.3, -0.25) is 4.98 Å². The molecule has 0 aliphatic heterocycles. The van der Waals surface area contributed by atoms with Crippen LogP contribution in [0.5, 0.6) is 0 Å². The van der Waals surface area contributed by atoms with E-state index in [1.807, 2.05) is 44.2 Å². The summed E-state index contributed by atoms with van der Waals surface area (Å²) in [7, 11) is 0. The topological polar surface area (TPSA) is 26.0 Å². The number of hydrogen-bond donors (Lipinski definition) is 0. The quantitative estimate of drug-likeness (QED) is 0.349. The molecule has 3 aromatic carbocycles. The van der Waals surface area contributed by atoms with Crippen molar-refractivity contribution in [3.05, 3.63) is 78.5 Å². The molecule has 0 radical (unpaired) electrons. The second-order valence-electron chi connectivity index (χ2n) is 6.85. The molecular formula is C24H19NO. The third-order valence-electron chi connectivity index (χ3n) is 4.92. The normalized spacial score (nSPS) is 13.3. The summed E-state index contributed by atoms with van der Waals surface area (Å²) >= 11 is 0. The van der Waals surface area contributed by atoms with E-state index < -0.39 is 5.89 Å². The minimum absolute atomic E-state index is 0.159. The van der Waals surface area contributed by atoms with Crippen molar-refractivity contribution in [2.24, 2.45) is 0 Å². The van der Waals surface area contributed by atoms with E-state index in [1.54, 1.807) is 6.07 Å². The van der Waals surface area contributed by atoms with Gasteiger partial charge in [-0.05, 0) is 52.6 Å². The summed E-state index contributed by atoms with van der Waals surface area (Å²) in [6.07, 6.45) is 0.159. The van der Waals surface area contributed by atoms with Gasteiger partial charge in [-0.1, -0.05) is 50.2 Å². The lowest BCUT2D eigenvalue weighted by molar-refractivity contribution is 0.670. The Bertz CT molecular complexity index is 1360.